The number of aldehydes is 8. The summed E-state index contributed by atoms with van der Waals surface area (Å²) in [5.41, 5.74) is 28.1. The van der Waals surface area contributed by atoms with Crippen molar-refractivity contribution in [3.05, 3.63) is 59.7 Å². The van der Waals surface area contributed by atoms with Crippen LogP contribution in [-0.2, 0) is 51.3 Å². The minimum absolute atomic E-state index is 0.00114. The molecule has 22 atom stereocenters. The molecule has 1 fully saturated rings. The molecule has 510 valence electrons. The highest BCUT2D eigenvalue weighted by atomic mass is 32.2. The molecule has 22 unspecified atom stereocenters. The first-order chi connectivity index (χ1) is 43.3. The highest BCUT2D eigenvalue weighted by Crippen LogP contribution is 2.54. The summed E-state index contributed by atoms with van der Waals surface area (Å²) in [4.78, 5) is 116. The van der Waals surface area contributed by atoms with Gasteiger partial charge < -0.3 is 63.7 Å². The van der Waals surface area contributed by atoms with Crippen LogP contribution in [0.2, 0.25) is 0 Å². The van der Waals surface area contributed by atoms with E-state index in [4.69, 9.17) is 22.1 Å². The average Bonchev–Trinajstić information content (AvgIpc) is 0.749. The molecule has 0 radical (unpaired) electrons. The van der Waals surface area contributed by atoms with Gasteiger partial charge in [-0.15, -0.1) is 11.8 Å². The number of rotatable bonds is 24. The monoisotopic (exact) mass is 1300 g/mol. The molecule has 0 amide bonds. The van der Waals surface area contributed by atoms with Gasteiger partial charge in [-0.2, -0.15) is 20.5 Å². The summed E-state index contributed by atoms with van der Waals surface area (Å²) in [6.07, 6.45) is -3.01. The summed E-state index contributed by atoms with van der Waals surface area (Å²) in [7, 11) is 0. The zero-order valence-electron chi connectivity index (χ0n) is 56.6. The zero-order valence-corrected chi connectivity index (χ0v) is 57.4. The predicted octanol–water partition coefficient (Wildman–Crippen LogP) is 11.5. The molecular weight excluding hydrogens is 1190 g/mol. The Morgan fingerprint density at radius 2 is 0.913 bits per heavy atom. The summed E-state index contributed by atoms with van der Waals surface area (Å²) in [5, 5.41) is 68.9. The van der Waals surface area contributed by atoms with Crippen LogP contribution in [0, 0.1) is 129 Å². The third kappa shape index (κ3) is 16.8. The van der Waals surface area contributed by atoms with E-state index in [2.05, 4.69) is 37.5 Å². The van der Waals surface area contributed by atoms with E-state index in [0.29, 0.717) is 62.4 Å². The number of para-hydroxylation sites is 1. The van der Waals surface area contributed by atoms with Crippen molar-refractivity contribution >= 4 is 67.7 Å². The molecule has 1 saturated carbocycles. The van der Waals surface area contributed by atoms with E-state index >= 15 is 0 Å². The Kier molecular flexibility index (Phi) is 29.1. The maximum atomic E-state index is 14.7. The lowest BCUT2D eigenvalue weighted by Crippen LogP contribution is -2.61. The van der Waals surface area contributed by atoms with Gasteiger partial charge in [0.2, 0.25) is 0 Å². The van der Waals surface area contributed by atoms with Crippen LogP contribution in [0.3, 0.4) is 0 Å². The summed E-state index contributed by atoms with van der Waals surface area (Å²) in [6.45, 7) is 24.7. The lowest BCUT2D eigenvalue weighted by molar-refractivity contribution is -0.153. The smallest absolute Gasteiger partial charge is 0.126 e. The van der Waals surface area contributed by atoms with E-state index < -0.39 is 142 Å². The van der Waals surface area contributed by atoms with Crippen LogP contribution < -0.4 is 4.90 Å². The number of aliphatic hydroxyl groups is 4. The first kappa shape index (κ1) is 78.6. The predicted molar refractivity (Wildman–Crippen MR) is 351 cm³/mol. The third-order valence-corrected chi connectivity index (χ3v) is 22.8. The molecule has 0 aromatic heterocycles. The Labute approximate surface area is 549 Å². The van der Waals surface area contributed by atoms with Crippen LogP contribution in [0.25, 0.3) is 0 Å². The molecule has 92 heavy (non-hydrogen) atoms. The Morgan fingerprint density at radius 1 is 0.522 bits per heavy atom. The van der Waals surface area contributed by atoms with E-state index in [1.165, 1.54) is 41.5 Å². The fraction of sp³-hybridized carbons (Fsp3) is 0.714. The Balaban J connectivity index is 2.22. The van der Waals surface area contributed by atoms with Crippen molar-refractivity contribution in [2.45, 2.75) is 199 Å². The molecule has 0 saturated heterocycles. The molecule has 4 rings (SSSR count). The van der Waals surface area contributed by atoms with Crippen LogP contribution in [-0.4, -0.2) is 129 Å². The van der Waals surface area contributed by atoms with Crippen LogP contribution in [0.1, 0.15) is 147 Å². The van der Waals surface area contributed by atoms with Crippen LogP contribution >= 0.6 is 11.8 Å². The molecule has 0 spiro atoms. The number of hydrogen-bond acceptors (Lipinski definition) is 22. The molecule has 2 aliphatic rings. The van der Waals surface area contributed by atoms with E-state index in [1.807, 2.05) is 91.8 Å². The second-order valence-corrected chi connectivity index (χ2v) is 30.5. The highest BCUT2D eigenvalue weighted by molar-refractivity contribution is 7.99. The van der Waals surface area contributed by atoms with Gasteiger partial charge in [0.05, 0.1) is 51.8 Å². The maximum Gasteiger partial charge on any atom is 0.126 e. The topological polar surface area (TPSA) is 366 Å². The van der Waals surface area contributed by atoms with Crippen molar-refractivity contribution in [3.8, 4) is 0 Å². The molecule has 0 bridgehead atoms. The van der Waals surface area contributed by atoms with Gasteiger partial charge in [0.25, 0.3) is 0 Å². The van der Waals surface area contributed by atoms with Crippen molar-refractivity contribution in [2.24, 2.45) is 127 Å². The van der Waals surface area contributed by atoms with Crippen LogP contribution in [0.15, 0.2) is 73.9 Å². The van der Waals surface area contributed by atoms with Gasteiger partial charge >= 0.3 is 0 Å². The molecule has 21 nitrogen and oxygen atoms in total. The second-order valence-electron chi connectivity index (χ2n) is 29.4. The maximum absolute atomic E-state index is 14.7. The number of hydrogen-bond donors (Lipinski definition) is 8. The van der Waals surface area contributed by atoms with Gasteiger partial charge in [0, 0.05) is 77.5 Å². The lowest BCUT2D eigenvalue weighted by Gasteiger charge is -2.52. The number of benzene rings is 2. The number of thioether (sulfide) groups is 1. The third-order valence-electron chi connectivity index (χ3n) is 21.8. The van der Waals surface area contributed by atoms with Crippen molar-refractivity contribution in [1.82, 2.24) is 0 Å². The van der Waals surface area contributed by atoms with Gasteiger partial charge in [-0.25, -0.2) is 22.1 Å². The largest absolute Gasteiger partial charge is 0.392 e. The Morgan fingerprint density at radius 3 is 1.32 bits per heavy atom. The molecule has 2 aromatic carbocycles. The molecule has 1 aliphatic heterocycles. The van der Waals surface area contributed by atoms with Gasteiger partial charge in [-0.1, -0.05) is 106 Å². The summed E-state index contributed by atoms with van der Waals surface area (Å²) < 4.78 is 0. The van der Waals surface area contributed by atoms with Crippen molar-refractivity contribution in [2.75, 3.05) is 17.2 Å². The SMILES string of the molecule is CC(C)CC1C(C=O)C(O)C(C)C(C=O)C(C)(N=N)C(CC(C)C)C(C=O)C(O)CC(C=O)C(C)(N=N)C(CC(C)C)C(C=O)C(O)(Cc2ccc(CN3CCSc4ccccc43)cc2)C(C)C(C=O)C(C)(N=N)C(CC(C)C)C(C=O)C(O)CC(C=O)C1(C)N=N. The van der Waals surface area contributed by atoms with Gasteiger partial charge in [0.1, 0.15) is 50.3 Å². The quantitative estimate of drug-likeness (QED) is 0.0358. The number of nitrogens with zero attached hydrogens (tertiary/aromatic N) is 5. The normalized spacial score (nSPS) is 37.4. The summed E-state index contributed by atoms with van der Waals surface area (Å²) >= 11 is 1.77. The lowest BCUT2D eigenvalue weighted by atomic mass is 9.54. The number of anilines is 1. The molecule has 22 heteroatoms. The van der Waals surface area contributed by atoms with E-state index in [0.717, 1.165) is 28.4 Å². The molecule has 1 heterocycles. The van der Waals surface area contributed by atoms with E-state index in [1.54, 1.807) is 11.8 Å². The minimum atomic E-state index is -2.40. The van der Waals surface area contributed by atoms with Gasteiger partial charge in [0.15, 0.2) is 0 Å². The standard InChI is InChI=1S/C70H107N9O12S/c1-41(2)25-54-51(35-82)63(89)30-50(34-81)67(12,76-72)57(28-44(7)8)60(40-87)70(91,31-47-19-21-48(22-20-47)32-79-23-24-92-64-18-16-15-17-61(64)79)46(10)59(39-86)69(14,78-74)55(26-42(3)4)52(36-83)62(88)29-49(33-80)66(11,75-71)56(27-43(5)6)53(37-84)65(90)45(9)58(38-85)68(54,13)77-73/h15-22,33-46,49-60,62-63,65,71-74,88-91H,23-32H2,1-14H3. The highest BCUT2D eigenvalue weighted by Gasteiger charge is 2.61. The molecule has 1 aliphatic carbocycles. The van der Waals surface area contributed by atoms with Gasteiger partial charge in [-0.3, -0.25) is 0 Å². The molecular formula is C70H107N9O12S. The average molecular weight is 1300 g/mol. The summed E-state index contributed by atoms with van der Waals surface area (Å²) in [5.74, 6) is -20.3. The Hall–Kier alpha value is -5.81. The fourth-order valence-corrected chi connectivity index (χ4v) is 17.2. The van der Waals surface area contributed by atoms with Crippen molar-refractivity contribution < 1.29 is 58.8 Å². The minimum Gasteiger partial charge on any atom is -0.392 e. The molecule has 2 aromatic rings. The zero-order chi connectivity index (χ0) is 69.4. The van der Waals surface area contributed by atoms with Crippen LogP contribution in [0.4, 0.5) is 5.69 Å². The first-order valence-electron chi connectivity index (χ1n) is 32.8. The van der Waals surface area contributed by atoms with Crippen molar-refractivity contribution in [1.29, 1.82) is 22.1 Å². The number of carbonyl (C=O) groups excluding carboxylic acids is 8. The van der Waals surface area contributed by atoms with Gasteiger partial charge in [-0.05, 0) is 149 Å². The van der Waals surface area contributed by atoms with Crippen molar-refractivity contribution in [3.63, 3.8) is 0 Å². The number of aliphatic hydroxyl groups excluding tert-OH is 3. The number of fused-ring (bicyclic) bond motifs is 1. The second kappa shape index (κ2) is 34.0. The molecule has 8 N–H and O–H groups in total. The summed E-state index contributed by atoms with van der Waals surface area (Å²) in [6, 6.07) is 15.5. The fourth-order valence-electron chi connectivity index (χ4n) is 16.1. The Bertz CT molecular complexity index is 2830. The number of carbonyl (C=O) groups is 8. The van der Waals surface area contributed by atoms with E-state index in [9.17, 15) is 58.8 Å². The first-order valence-corrected chi connectivity index (χ1v) is 33.8. The van der Waals surface area contributed by atoms with Crippen LogP contribution in [0.5, 0.6) is 0 Å². The number of nitrogens with one attached hydrogen (secondary N) is 4. The van der Waals surface area contributed by atoms with E-state index in [-0.39, 0.29) is 55.8 Å².